The maximum atomic E-state index is 11.9. The smallest absolute Gasteiger partial charge is 0.251 e. The summed E-state index contributed by atoms with van der Waals surface area (Å²) in [7, 11) is 3.29. The number of benzene rings is 3. The van der Waals surface area contributed by atoms with Gasteiger partial charge in [0.15, 0.2) is 0 Å². The van der Waals surface area contributed by atoms with Crippen LogP contribution in [0, 0.1) is 6.92 Å². The Balaban J connectivity index is 1.69. The Morgan fingerprint density at radius 1 is 0.938 bits per heavy atom. The zero-order valence-corrected chi connectivity index (χ0v) is 18.1. The van der Waals surface area contributed by atoms with Crippen molar-refractivity contribution in [1.29, 1.82) is 0 Å². The largest absolute Gasteiger partial charge is 0.497 e. The molecule has 0 atom stereocenters. The summed E-state index contributed by atoms with van der Waals surface area (Å²) in [6.07, 6.45) is 1.82. The molecule has 5 aromatic rings. The molecule has 0 saturated heterocycles. The van der Waals surface area contributed by atoms with E-state index in [2.05, 4.69) is 27.0 Å². The van der Waals surface area contributed by atoms with E-state index in [-0.39, 0.29) is 5.91 Å². The normalized spacial score (nSPS) is 11.1. The van der Waals surface area contributed by atoms with Crippen LogP contribution in [0.2, 0.25) is 0 Å². The molecule has 6 heteroatoms. The molecule has 6 nitrogen and oxygen atoms in total. The molecule has 3 aromatic carbocycles. The van der Waals surface area contributed by atoms with Crippen LogP contribution in [0.1, 0.15) is 16.2 Å². The van der Waals surface area contributed by atoms with Gasteiger partial charge in [0, 0.05) is 23.7 Å². The van der Waals surface area contributed by atoms with Crippen LogP contribution in [0.5, 0.6) is 5.75 Å². The van der Waals surface area contributed by atoms with E-state index in [9.17, 15) is 4.79 Å². The van der Waals surface area contributed by atoms with Crippen LogP contribution in [0.25, 0.3) is 38.8 Å². The maximum absolute atomic E-state index is 11.9. The highest BCUT2D eigenvalue weighted by molar-refractivity contribution is 6.04. The minimum absolute atomic E-state index is 0.0974. The van der Waals surface area contributed by atoms with E-state index < -0.39 is 0 Å². The van der Waals surface area contributed by atoms with Crippen molar-refractivity contribution in [2.24, 2.45) is 0 Å². The van der Waals surface area contributed by atoms with Crippen molar-refractivity contribution in [2.45, 2.75) is 6.92 Å². The van der Waals surface area contributed by atoms with Crippen molar-refractivity contribution in [3.05, 3.63) is 84.3 Å². The van der Waals surface area contributed by atoms with Gasteiger partial charge in [-0.15, -0.1) is 0 Å². The number of hydrogen-bond acceptors (Lipinski definition) is 4. The number of ether oxygens (including phenoxy) is 1. The van der Waals surface area contributed by atoms with Crippen molar-refractivity contribution in [3.8, 4) is 22.6 Å². The molecule has 32 heavy (non-hydrogen) atoms. The topological polar surface area (TPSA) is 69.0 Å². The summed E-state index contributed by atoms with van der Waals surface area (Å²) in [6.45, 7) is 2.00. The number of imidazole rings is 1. The van der Waals surface area contributed by atoms with Gasteiger partial charge < -0.3 is 10.1 Å². The van der Waals surface area contributed by atoms with Crippen LogP contribution < -0.4 is 10.1 Å². The van der Waals surface area contributed by atoms with Crippen molar-refractivity contribution in [3.63, 3.8) is 0 Å². The zero-order chi connectivity index (χ0) is 22.2. The van der Waals surface area contributed by atoms with Crippen LogP contribution >= 0.6 is 0 Å². The SMILES string of the molecule is CNC(=O)c1ccc(-c2ccc3ncc4nc(C)n(-c5ccc(OC)cc5)c4c3c2)cc1. The molecule has 0 aliphatic carbocycles. The third kappa shape index (κ3) is 3.26. The predicted octanol–water partition coefficient (Wildman–Crippen LogP) is 4.92. The molecule has 5 rings (SSSR count). The summed E-state index contributed by atoms with van der Waals surface area (Å²) in [5.74, 6) is 1.60. The molecular weight excluding hydrogens is 400 g/mol. The molecule has 1 N–H and O–H groups in total. The summed E-state index contributed by atoms with van der Waals surface area (Å²) < 4.78 is 7.46. The first-order valence-corrected chi connectivity index (χ1v) is 10.3. The number of nitrogens with one attached hydrogen (secondary N) is 1. The molecule has 0 saturated carbocycles. The van der Waals surface area contributed by atoms with Crippen LogP contribution in [0.3, 0.4) is 0 Å². The Labute approximate surface area is 185 Å². The highest BCUT2D eigenvalue weighted by Gasteiger charge is 2.14. The zero-order valence-electron chi connectivity index (χ0n) is 18.1. The molecule has 0 unspecified atom stereocenters. The van der Waals surface area contributed by atoms with Crippen molar-refractivity contribution >= 4 is 27.8 Å². The van der Waals surface area contributed by atoms with Gasteiger partial charge in [-0.3, -0.25) is 14.3 Å². The maximum Gasteiger partial charge on any atom is 0.251 e. The summed E-state index contributed by atoms with van der Waals surface area (Å²) in [4.78, 5) is 21.2. The highest BCUT2D eigenvalue weighted by Crippen LogP contribution is 2.31. The van der Waals surface area contributed by atoms with E-state index >= 15 is 0 Å². The van der Waals surface area contributed by atoms with Crippen LogP contribution in [-0.2, 0) is 0 Å². The lowest BCUT2D eigenvalue weighted by Gasteiger charge is -2.11. The Hall–Kier alpha value is -4.19. The molecule has 158 valence electrons. The van der Waals surface area contributed by atoms with Gasteiger partial charge in [0.1, 0.15) is 17.1 Å². The number of pyridine rings is 1. The number of amides is 1. The van der Waals surface area contributed by atoms with Gasteiger partial charge in [0.2, 0.25) is 0 Å². The van der Waals surface area contributed by atoms with E-state index in [1.54, 1.807) is 14.2 Å². The van der Waals surface area contributed by atoms with E-state index in [1.807, 2.05) is 67.7 Å². The van der Waals surface area contributed by atoms with Gasteiger partial charge in [-0.05, 0) is 66.6 Å². The minimum Gasteiger partial charge on any atom is -0.497 e. The summed E-state index contributed by atoms with van der Waals surface area (Å²) in [5.41, 5.74) is 6.49. The van der Waals surface area contributed by atoms with Crippen LogP contribution in [0.15, 0.2) is 72.9 Å². The number of fused-ring (bicyclic) bond motifs is 3. The van der Waals surface area contributed by atoms with Crippen molar-refractivity contribution in [1.82, 2.24) is 19.9 Å². The standard InChI is InChI=1S/C26H22N4O2/c1-16-29-24-15-28-23-13-8-19(17-4-6-18(7-5-17)26(31)27-2)14-22(23)25(24)30(16)20-9-11-21(32-3)12-10-20/h4-15H,1-3H3,(H,27,31). The molecule has 0 aliphatic rings. The molecule has 2 aromatic heterocycles. The third-order valence-electron chi connectivity index (χ3n) is 5.69. The second kappa shape index (κ2) is 7.81. The first-order chi connectivity index (χ1) is 15.6. The number of rotatable bonds is 4. The lowest BCUT2D eigenvalue weighted by atomic mass is 10.0. The van der Waals surface area contributed by atoms with Gasteiger partial charge >= 0.3 is 0 Å². The second-order valence-electron chi connectivity index (χ2n) is 7.57. The Morgan fingerprint density at radius 3 is 2.34 bits per heavy atom. The van der Waals surface area contributed by atoms with Gasteiger partial charge in [-0.1, -0.05) is 18.2 Å². The Kier molecular flexibility index (Phi) is 4.82. The number of nitrogens with zero attached hydrogens (tertiary/aromatic N) is 3. The minimum atomic E-state index is -0.0974. The van der Waals surface area contributed by atoms with Gasteiger partial charge in [-0.2, -0.15) is 0 Å². The molecule has 2 heterocycles. The number of aromatic nitrogens is 3. The molecule has 1 amide bonds. The number of hydrogen-bond donors (Lipinski definition) is 1. The predicted molar refractivity (Wildman–Crippen MR) is 126 cm³/mol. The molecule has 0 aliphatic heterocycles. The van der Waals surface area contributed by atoms with E-state index in [1.165, 1.54) is 0 Å². The quantitative estimate of drug-likeness (QED) is 0.446. The molecular formula is C26H22N4O2. The fourth-order valence-electron chi connectivity index (χ4n) is 4.06. The fourth-order valence-corrected chi connectivity index (χ4v) is 4.06. The number of aryl methyl sites for hydroxylation is 1. The third-order valence-corrected chi connectivity index (χ3v) is 5.69. The molecule has 0 spiro atoms. The average molecular weight is 422 g/mol. The van der Waals surface area contributed by atoms with E-state index in [0.29, 0.717) is 5.56 Å². The lowest BCUT2D eigenvalue weighted by Crippen LogP contribution is -2.17. The summed E-state index contributed by atoms with van der Waals surface area (Å²) in [5, 5.41) is 3.67. The monoisotopic (exact) mass is 422 g/mol. The number of methoxy groups -OCH3 is 1. The second-order valence-corrected chi connectivity index (χ2v) is 7.57. The number of carbonyl (C=O) groups is 1. The first-order valence-electron chi connectivity index (χ1n) is 10.3. The van der Waals surface area contributed by atoms with E-state index in [4.69, 9.17) is 9.72 Å². The lowest BCUT2D eigenvalue weighted by molar-refractivity contribution is 0.0963. The average Bonchev–Trinajstić information content (AvgIpc) is 3.19. The van der Waals surface area contributed by atoms with Gasteiger partial charge in [0.25, 0.3) is 5.91 Å². The molecule has 0 radical (unpaired) electrons. The molecule has 0 fully saturated rings. The van der Waals surface area contributed by atoms with Crippen molar-refractivity contribution < 1.29 is 9.53 Å². The van der Waals surface area contributed by atoms with E-state index in [0.717, 1.165) is 50.3 Å². The van der Waals surface area contributed by atoms with Gasteiger partial charge in [-0.25, -0.2) is 4.98 Å². The van der Waals surface area contributed by atoms with Crippen LogP contribution in [0.4, 0.5) is 0 Å². The first kappa shape index (κ1) is 19.8. The Bertz CT molecular complexity index is 1450. The van der Waals surface area contributed by atoms with Crippen molar-refractivity contribution in [2.75, 3.05) is 14.2 Å². The number of carbonyl (C=O) groups excluding carboxylic acids is 1. The fraction of sp³-hybridized carbons (Fsp3) is 0.115. The van der Waals surface area contributed by atoms with Crippen LogP contribution in [-0.4, -0.2) is 34.6 Å². The summed E-state index contributed by atoms with van der Waals surface area (Å²) in [6, 6.07) is 21.8. The highest BCUT2D eigenvalue weighted by atomic mass is 16.5. The Morgan fingerprint density at radius 2 is 1.66 bits per heavy atom. The van der Waals surface area contributed by atoms with Gasteiger partial charge in [0.05, 0.1) is 24.3 Å². The summed E-state index contributed by atoms with van der Waals surface area (Å²) >= 11 is 0. The molecule has 0 bridgehead atoms.